The van der Waals surface area contributed by atoms with Gasteiger partial charge in [0.25, 0.3) is 0 Å². The van der Waals surface area contributed by atoms with E-state index in [0.717, 1.165) is 31.2 Å². The summed E-state index contributed by atoms with van der Waals surface area (Å²) >= 11 is 0. The molecule has 1 unspecified atom stereocenters. The molecule has 2 bridgehead atoms. The predicted molar refractivity (Wildman–Crippen MR) is 165 cm³/mol. The zero-order valence-corrected chi connectivity index (χ0v) is 25.1. The molecular weight excluding hydrogens is 566 g/mol. The molecule has 0 saturated carbocycles. The Balaban J connectivity index is 1.55. The SMILES string of the molecule is O=C(N[C@@H](Cc1ccccc1)[C@H](O)CN1CCCCC=CCCCC(O)c2cccc(c2)S1(=O)=O)OCc1cccnc1. The minimum absolute atomic E-state index is 0.00493. The Labute approximate surface area is 254 Å². The molecule has 0 fully saturated rings. The van der Waals surface area contributed by atoms with E-state index in [1.54, 1.807) is 36.7 Å². The lowest BCUT2D eigenvalue weighted by Gasteiger charge is -2.30. The third-order valence-corrected chi connectivity index (χ3v) is 9.33. The fraction of sp³-hybridized carbons (Fsp3) is 0.394. The van der Waals surface area contributed by atoms with Gasteiger partial charge in [0, 0.05) is 31.0 Å². The Morgan fingerprint density at radius 3 is 2.53 bits per heavy atom. The summed E-state index contributed by atoms with van der Waals surface area (Å²) in [5.41, 5.74) is 2.13. The summed E-state index contributed by atoms with van der Waals surface area (Å²) in [5.74, 6) is 0. The molecule has 2 heterocycles. The van der Waals surface area contributed by atoms with Crippen molar-refractivity contribution in [3.8, 4) is 0 Å². The summed E-state index contributed by atoms with van der Waals surface area (Å²) in [6, 6.07) is 18.5. The van der Waals surface area contributed by atoms with E-state index in [0.29, 0.717) is 24.0 Å². The van der Waals surface area contributed by atoms with Crippen LogP contribution in [0.1, 0.15) is 61.3 Å². The third-order valence-electron chi connectivity index (χ3n) is 7.47. The first-order valence-electron chi connectivity index (χ1n) is 14.8. The van der Waals surface area contributed by atoms with Gasteiger partial charge >= 0.3 is 6.09 Å². The second-order valence-electron chi connectivity index (χ2n) is 10.8. The van der Waals surface area contributed by atoms with E-state index in [2.05, 4.69) is 22.5 Å². The summed E-state index contributed by atoms with van der Waals surface area (Å²) in [7, 11) is -4.03. The number of carbonyl (C=O) groups excluding carboxylic acids is 1. The normalized spacial score (nSPS) is 19.3. The second kappa shape index (κ2) is 16.3. The van der Waals surface area contributed by atoms with Crippen LogP contribution in [0.15, 0.2) is 96.2 Å². The second-order valence-corrected chi connectivity index (χ2v) is 12.7. The highest BCUT2D eigenvalue weighted by atomic mass is 32.2. The van der Waals surface area contributed by atoms with E-state index in [9.17, 15) is 23.4 Å². The van der Waals surface area contributed by atoms with Crippen molar-refractivity contribution in [1.29, 1.82) is 0 Å². The molecular formula is C33H41N3O6S. The van der Waals surface area contributed by atoms with Crippen molar-refractivity contribution in [3.63, 3.8) is 0 Å². The van der Waals surface area contributed by atoms with Gasteiger partial charge in [0.15, 0.2) is 0 Å². The molecule has 0 spiro atoms. The number of benzene rings is 2. The van der Waals surface area contributed by atoms with Crippen molar-refractivity contribution in [2.24, 2.45) is 0 Å². The van der Waals surface area contributed by atoms with Gasteiger partial charge < -0.3 is 20.3 Å². The molecule has 1 aliphatic rings. The van der Waals surface area contributed by atoms with Gasteiger partial charge in [-0.25, -0.2) is 13.2 Å². The van der Waals surface area contributed by atoms with Crippen LogP contribution >= 0.6 is 0 Å². The lowest BCUT2D eigenvalue weighted by Crippen LogP contribution is -2.50. The Morgan fingerprint density at radius 1 is 1.00 bits per heavy atom. The number of hydrogen-bond acceptors (Lipinski definition) is 7. The first-order valence-corrected chi connectivity index (χ1v) is 16.2. The van der Waals surface area contributed by atoms with Crippen molar-refractivity contribution in [3.05, 3.63) is 108 Å². The van der Waals surface area contributed by atoms with Crippen molar-refractivity contribution in [2.75, 3.05) is 13.1 Å². The number of alkyl carbamates (subject to hydrolysis) is 1. The molecule has 3 N–H and O–H groups in total. The highest BCUT2D eigenvalue weighted by Crippen LogP contribution is 2.25. The smallest absolute Gasteiger partial charge is 0.407 e. The van der Waals surface area contributed by atoms with E-state index in [4.69, 9.17) is 4.74 Å². The van der Waals surface area contributed by atoms with Crippen molar-refractivity contribution in [2.45, 2.75) is 74.7 Å². The van der Waals surface area contributed by atoms with Crippen LogP contribution in [0.2, 0.25) is 0 Å². The Kier molecular flexibility index (Phi) is 12.3. The van der Waals surface area contributed by atoms with E-state index in [1.165, 1.54) is 16.4 Å². The number of allylic oxidation sites excluding steroid dienone is 2. The van der Waals surface area contributed by atoms with Crippen LogP contribution in [0.5, 0.6) is 0 Å². The number of β-amino-alcohol motifs (C(OH)–C–C–N with tert-alkyl or cyclic N) is 1. The summed E-state index contributed by atoms with van der Waals surface area (Å²) in [5, 5.41) is 24.9. The lowest BCUT2D eigenvalue weighted by atomic mass is 10.0. The van der Waals surface area contributed by atoms with Crippen LogP contribution in [0.25, 0.3) is 0 Å². The quantitative estimate of drug-likeness (QED) is 0.310. The van der Waals surface area contributed by atoms with Crippen molar-refractivity contribution in [1.82, 2.24) is 14.6 Å². The van der Waals surface area contributed by atoms with Crippen LogP contribution in [-0.2, 0) is 27.8 Å². The lowest BCUT2D eigenvalue weighted by molar-refractivity contribution is 0.0886. The minimum Gasteiger partial charge on any atom is -0.445 e. The van der Waals surface area contributed by atoms with Crippen LogP contribution in [0, 0.1) is 0 Å². The van der Waals surface area contributed by atoms with E-state index < -0.39 is 34.4 Å². The number of aromatic nitrogens is 1. The molecule has 43 heavy (non-hydrogen) atoms. The van der Waals surface area contributed by atoms with E-state index in [1.807, 2.05) is 30.3 Å². The summed E-state index contributed by atoms with van der Waals surface area (Å²) in [4.78, 5) is 16.9. The maximum absolute atomic E-state index is 13.9. The average Bonchev–Trinajstić information content (AvgIpc) is 3.02. The maximum atomic E-state index is 13.9. The van der Waals surface area contributed by atoms with Crippen LogP contribution in [0.3, 0.4) is 0 Å². The molecule has 0 aliphatic carbocycles. The van der Waals surface area contributed by atoms with Crippen molar-refractivity contribution < 1.29 is 28.2 Å². The highest BCUT2D eigenvalue weighted by Gasteiger charge is 2.31. The fourth-order valence-corrected chi connectivity index (χ4v) is 6.59. The molecule has 1 aromatic heterocycles. The van der Waals surface area contributed by atoms with Gasteiger partial charge in [-0.1, -0.05) is 60.7 Å². The number of amides is 1. The molecule has 0 radical (unpaired) electrons. The summed E-state index contributed by atoms with van der Waals surface area (Å²) in [6.07, 6.45) is 9.33. The number of pyridine rings is 1. The Hall–Kier alpha value is -3.57. The predicted octanol–water partition coefficient (Wildman–Crippen LogP) is 4.91. The molecule has 3 atom stereocenters. The zero-order valence-electron chi connectivity index (χ0n) is 24.3. The molecule has 1 aliphatic heterocycles. The number of hydrogen-bond donors (Lipinski definition) is 3. The van der Waals surface area contributed by atoms with E-state index >= 15 is 0 Å². The van der Waals surface area contributed by atoms with Crippen LogP contribution in [0.4, 0.5) is 4.79 Å². The first-order chi connectivity index (χ1) is 20.8. The van der Waals surface area contributed by atoms with Gasteiger partial charge in [-0.05, 0) is 74.3 Å². The monoisotopic (exact) mass is 607 g/mol. The first kappa shape index (κ1) is 32.3. The average molecular weight is 608 g/mol. The number of rotatable bonds is 8. The molecule has 1 amide bonds. The number of nitrogens with zero attached hydrogens (tertiary/aromatic N) is 2. The van der Waals surface area contributed by atoms with Gasteiger partial charge in [0.05, 0.1) is 23.1 Å². The number of fused-ring (bicyclic) bond motifs is 2. The number of carbonyl (C=O) groups is 1. The highest BCUT2D eigenvalue weighted by molar-refractivity contribution is 7.89. The number of aliphatic hydroxyl groups is 2. The number of sulfonamides is 1. The van der Waals surface area contributed by atoms with Gasteiger partial charge in [-0.3, -0.25) is 4.98 Å². The fourth-order valence-electron chi connectivity index (χ4n) is 5.04. The van der Waals surface area contributed by atoms with E-state index in [-0.39, 0.29) is 31.0 Å². The summed E-state index contributed by atoms with van der Waals surface area (Å²) < 4.78 is 34.5. The molecule has 2 aromatic carbocycles. The molecule has 4 rings (SSSR count). The third kappa shape index (κ3) is 10.00. The number of nitrogens with one attached hydrogen (secondary N) is 1. The largest absolute Gasteiger partial charge is 0.445 e. The summed E-state index contributed by atoms with van der Waals surface area (Å²) in [6.45, 7) is -0.0279. The molecule has 9 nitrogen and oxygen atoms in total. The maximum Gasteiger partial charge on any atom is 0.407 e. The van der Waals surface area contributed by atoms with Crippen LogP contribution < -0.4 is 5.32 Å². The van der Waals surface area contributed by atoms with Crippen LogP contribution in [-0.4, -0.2) is 59.2 Å². The topological polar surface area (TPSA) is 129 Å². The Morgan fingerprint density at radius 2 is 1.77 bits per heavy atom. The van der Waals surface area contributed by atoms with Gasteiger partial charge in [0.2, 0.25) is 10.0 Å². The molecule has 3 aromatic rings. The standard InChI is InChI=1S/C33H41N3O6S/c37-31-18-9-4-2-1-3-5-10-20-36(43(40,41)29-17-11-16-28(31)22-29)24-32(38)30(21-26-13-7-6-8-14-26)35-33(39)42-25-27-15-12-19-34-23-27/h1-2,6-8,11-17,19,22-23,30-32,37-38H,3-5,9-10,18,20-21,24-25H2,(H,35,39)/t30-,31?,32+/m0/s1. The number of aliphatic hydroxyl groups excluding tert-OH is 2. The zero-order chi connectivity index (χ0) is 30.5. The molecule has 0 saturated heterocycles. The molecule has 10 heteroatoms. The van der Waals surface area contributed by atoms with Gasteiger partial charge in [0.1, 0.15) is 6.61 Å². The van der Waals surface area contributed by atoms with Crippen molar-refractivity contribution >= 4 is 16.1 Å². The Bertz CT molecular complexity index is 1420. The minimum atomic E-state index is -4.03. The van der Waals surface area contributed by atoms with Gasteiger partial charge in [-0.2, -0.15) is 4.31 Å². The molecule has 230 valence electrons. The van der Waals surface area contributed by atoms with Gasteiger partial charge in [-0.15, -0.1) is 0 Å². The number of ether oxygens (including phenoxy) is 1.